The van der Waals surface area contributed by atoms with Crippen molar-refractivity contribution in [2.45, 2.75) is 84.5 Å². The lowest BCUT2D eigenvalue weighted by atomic mass is 10.00. The Balaban J connectivity index is 1.53. The summed E-state index contributed by atoms with van der Waals surface area (Å²) in [5.74, 6) is 0.808. The number of rotatable bonds is 13. The Bertz CT molecular complexity index is 864. The zero-order valence-corrected chi connectivity index (χ0v) is 19.4. The van der Waals surface area contributed by atoms with Crippen LogP contribution >= 0.6 is 0 Å². The molecule has 2 aromatic carbocycles. The van der Waals surface area contributed by atoms with Gasteiger partial charge in [0.1, 0.15) is 0 Å². The topological polar surface area (TPSA) is 25.8 Å². The lowest BCUT2D eigenvalue weighted by Gasteiger charge is -2.07. The summed E-state index contributed by atoms with van der Waals surface area (Å²) in [6, 6.07) is 17.7. The summed E-state index contributed by atoms with van der Waals surface area (Å²) in [7, 11) is 0. The maximum atomic E-state index is 4.60. The zero-order valence-electron chi connectivity index (χ0n) is 19.4. The van der Waals surface area contributed by atoms with Gasteiger partial charge in [0.05, 0.1) is 0 Å². The standard InChI is InChI=1S/C29H38N2/c1-3-5-7-9-11-12-24-14-16-26(17-15-24)27-18-20-28(21-19-27)29-30-22-25(23-31-29)13-10-8-6-4-2/h14-23H,3-13H2,1-2H3. The van der Waals surface area contributed by atoms with Crippen LogP contribution in [0.4, 0.5) is 0 Å². The molecule has 31 heavy (non-hydrogen) atoms. The van der Waals surface area contributed by atoms with Crippen LogP contribution in [0.2, 0.25) is 0 Å². The highest BCUT2D eigenvalue weighted by Gasteiger charge is 2.04. The highest BCUT2D eigenvalue weighted by atomic mass is 14.9. The van der Waals surface area contributed by atoms with Crippen molar-refractivity contribution in [3.63, 3.8) is 0 Å². The minimum absolute atomic E-state index is 0.808. The number of benzene rings is 2. The Morgan fingerprint density at radius 2 is 0.935 bits per heavy atom. The summed E-state index contributed by atoms with van der Waals surface area (Å²) in [6.45, 7) is 4.51. The van der Waals surface area contributed by atoms with Crippen molar-refractivity contribution in [3.8, 4) is 22.5 Å². The van der Waals surface area contributed by atoms with Crippen LogP contribution in [0.25, 0.3) is 22.5 Å². The number of aryl methyl sites for hydroxylation is 2. The smallest absolute Gasteiger partial charge is 0.159 e. The Hall–Kier alpha value is -2.48. The third kappa shape index (κ3) is 7.61. The van der Waals surface area contributed by atoms with Gasteiger partial charge in [-0.3, -0.25) is 0 Å². The van der Waals surface area contributed by atoms with Crippen molar-refractivity contribution in [3.05, 3.63) is 72.1 Å². The molecule has 0 radical (unpaired) electrons. The fraction of sp³-hybridized carbons (Fsp3) is 0.448. The molecule has 3 rings (SSSR count). The maximum Gasteiger partial charge on any atom is 0.159 e. The van der Waals surface area contributed by atoms with Crippen LogP contribution in [0.1, 0.15) is 82.8 Å². The van der Waals surface area contributed by atoms with E-state index in [-0.39, 0.29) is 0 Å². The average Bonchev–Trinajstić information content (AvgIpc) is 2.83. The molecule has 1 aromatic heterocycles. The van der Waals surface area contributed by atoms with E-state index in [0.717, 1.165) is 17.8 Å². The molecule has 0 saturated heterocycles. The fourth-order valence-corrected chi connectivity index (χ4v) is 4.00. The minimum Gasteiger partial charge on any atom is -0.236 e. The van der Waals surface area contributed by atoms with E-state index in [9.17, 15) is 0 Å². The van der Waals surface area contributed by atoms with Gasteiger partial charge in [-0.25, -0.2) is 9.97 Å². The quantitative estimate of drug-likeness (QED) is 0.262. The van der Waals surface area contributed by atoms with E-state index >= 15 is 0 Å². The summed E-state index contributed by atoms with van der Waals surface area (Å²) < 4.78 is 0. The van der Waals surface area contributed by atoms with E-state index in [2.05, 4.69) is 72.3 Å². The van der Waals surface area contributed by atoms with Crippen LogP contribution in [-0.4, -0.2) is 9.97 Å². The van der Waals surface area contributed by atoms with Gasteiger partial charge in [0.25, 0.3) is 0 Å². The summed E-state index contributed by atoms with van der Waals surface area (Å²) in [6.07, 6.45) is 18.0. The minimum atomic E-state index is 0.808. The van der Waals surface area contributed by atoms with Crippen molar-refractivity contribution < 1.29 is 0 Å². The normalized spacial score (nSPS) is 11.0. The average molecular weight is 415 g/mol. The van der Waals surface area contributed by atoms with Crippen LogP contribution in [0, 0.1) is 0 Å². The van der Waals surface area contributed by atoms with E-state index in [0.29, 0.717) is 0 Å². The van der Waals surface area contributed by atoms with E-state index < -0.39 is 0 Å². The molecule has 1 heterocycles. The van der Waals surface area contributed by atoms with Gasteiger partial charge in [0.2, 0.25) is 0 Å². The third-order valence-electron chi connectivity index (χ3n) is 6.02. The van der Waals surface area contributed by atoms with Crippen molar-refractivity contribution in [2.24, 2.45) is 0 Å². The molecular weight excluding hydrogens is 376 g/mol. The Morgan fingerprint density at radius 1 is 0.484 bits per heavy atom. The largest absolute Gasteiger partial charge is 0.236 e. The van der Waals surface area contributed by atoms with Gasteiger partial charge in [-0.2, -0.15) is 0 Å². The predicted molar refractivity (Wildman–Crippen MR) is 133 cm³/mol. The second-order valence-electron chi connectivity index (χ2n) is 8.66. The van der Waals surface area contributed by atoms with Crippen molar-refractivity contribution in [2.75, 3.05) is 0 Å². The molecular formula is C29H38N2. The van der Waals surface area contributed by atoms with Crippen molar-refractivity contribution >= 4 is 0 Å². The zero-order chi connectivity index (χ0) is 21.7. The fourth-order valence-electron chi connectivity index (χ4n) is 4.00. The lowest BCUT2D eigenvalue weighted by Crippen LogP contribution is -1.93. The molecule has 0 aliphatic heterocycles. The molecule has 0 N–H and O–H groups in total. The highest BCUT2D eigenvalue weighted by Crippen LogP contribution is 2.24. The molecule has 0 unspecified atom stereocenters. The summed E-state index contributed by atoms with van der Waals surface area (Å²) in [5, 5.41) is 0. The van der Waals surface area contributed by atoms with E-state index in [1.165, 1.54) is 86.5 Å². The van der Waals surface area contributed by atoms with Gasteiger partial charge >= 0.3 is 0 Å². The van der Waals surface area contributed by atoms with Crippen LogP contribution in [0.15, 0.2) is 60.9 Å². The molecule has 2 nitrogen and oxygen atoms in total. The van der Waals surface area contributed by atoms with Gasteiger partial charge in [-0.15, -0.1) is 0 Å². The number of unbranched alkanes of at least 4 members (excludes halogenated alkanes) is 7. The Morgan fingerprint density at radius 3 is 1.52 bits per heavy atom. The third-order valence-corrected chi connectivity index (χ3v) is 6.02. The van der Waals surface area contributed by atoms with Gasteiger partial charge in [-0.1, -0.05) is 107 Å². The van der Waals surface area contributed by atoms with Crippen LogP contribution < -0.4 is 0 Å². The molecule has 0 atom stereocenters. The number of aromatic nitrogens is 2. The Labute approximate surface area is 189 Å². The van der Waals surface area contributed by atoms with Gasteiger partial charge in [0, 0.05) is 18.0 Å². The number of nitrogens with zero attached hydrogens (tertiary/aromatic N) is 2. The van der Waals surface area contributed by atoms with E-state index in [4.69, 9.17) is 0 Å². The second kappa shape index (κ2) is 13.0. The first-order valence-corrected chi connectivity index (χ1v) is 12.3. The molecule has 0 amide bonds. The van der Waals surface area contributed by atoms with Crippen LogP contribution in [-0.2, 0) is 12.8 Å². The molecule has 164 valence electrons. The molecule has 0 bridgehead atoms. The van der Waals surface area contributed by atoms with E-state index in [1.807, 2.05) is 12.4 Å². The highest BCUT2D eigenvalue weighted by molar-refractivity contribution is 5.67. The first-order chi connectivity index (χ1) is 15.3. The summed E-state index contributed by atoms with van der Waals surface area (Å²) >= 11 is 0. The first-order valence-electron chi connectivity index (χ1n) is 12.3. The molecule has 0 fully saturated rings. The Kier molecular flexibility index (Phi) is 9.76. The number of hydrogen-bond acceptors (Lipinski definition) is 2. The molecule has 0 aliphatic rings. The van der Waals surface area contributed by atoms with Crippen molar-refractivity contribution in [1.29, 1.82) is 0 Å². The molecule has 0 saturated carbocycles. The molecule has 0 spiro atoms. The predicted octanol–water partition coefficient (Wildman–Crippen LogP) is 8.45. The van der Waals surface area contributed by atoms with Crippen molar-refractivity contribution in [1.82, 2.24) is 9.97 Å². The number of hydrogen-bond donors (Lipinski definition) is 0. The maximum absolute atomic E-state index is 4.60. The molecule has 2 heteroatoms. The molecule has 3 aromatic rings. The summed E-state index contributed by atoms with van der Waals surface area (Å²) in [5.41, 5.74) is 6.27. The summed E-state index contributed by atoms with van der Waals surface area (Å²) in [4.78, 5) is 9.20. The van der Waals surface area contributed by atoms with Crippen LogP contribution in [0.3, 0.4) is 0 Å². The molecule has 0 aliphatic carbocycles. The van der Waals surface area contributed by atoms with E-state index in [1.54, 1.807) is 0 Å². The van der Waals surface area contributed by atoms with Gasteiger partial charge in [-0.05, 0) is 47.9 Å². The second-order valence-corrected chi connectivity index (χ2v) is 8.66. The lowest BCUT2D eigenvalue weighted by molar-refractivity contribution is 0.632. The monoisotopic (exact) mass is 414 g/mol. The van der Waals surface area contributed by atoms with Gasteiger partial charge in [0.15, 0.2) is 5.82 Å². The SMILES string of the molecule is CCCCCCCc1ccc(-c2ccc(-c3ncc(CCCCCC)cn3)cc2)cc1. The first kappa shape index (κ1) is 23.2. The van der Waals surface area contributed by atoms with Gasteiger partial charge < -0.3 is 0 Å². The van der Waals surface area contributed by atoms with Crippen LogP contribution in [0.5, 0.6) is 0 Å².